The summed E-state index contributed by atoms with van der Waals surface area (Å²) in [4.78, 5) is 24.5. The highest BCUT2D eigenvalue weighted by molar-refractivity contribution is 6.02. The average Bonchev–Trinajstić information content (AvgIpc) is 2.60. The minimum absolute atomic E-state index is 0.148. The monoisotopic (exact) mass is 326 g/mol. The van der Waals surface area contributed by atoms with Crippen molar-refractivity contribution in [3.05, 3.63) is 71.8 Å². The number of carbonyl (C=O) groups is 2. The summed E-state index contributed by atoms with van der Waals surface area (Å²) >= 11 is 0. The molecule has 0 heterocycles. The van der Waals surface area contributed by atoms with E-state index in [9.17, 15) is 9.59 Å². The normalized spacial score (nSPS) is 11.7. The predicted octanol–water partition coefficient (Wildman–Crippen LogP) is 2.99. The molecule has 1 atom stereocenters. The topological polar surface area (TPSA) is 52.6 Å². The Hall–Kier alpha value is -2.46. The summed E-state index contributed by atoms with van der Waals surface area (Å²) in [5.41, 5.74) is 1.94. The van der Waals surface area contributed by atoms with Gasteiger partial charge in [-0.05, 0) is 24.5 Å². The van der Waals surface area contributed by atoms with Crippen LogP contribution in [0, 0.1) is 0 Å². The number of esters is 1. The summed E-state index contributed by atoms with van der Waals surface area (Å²) < 4.78 is 10.6. The Morgan fingerprint density at radius 1 is 0.917 bits per heavy atom. The molecule has 0 spiro atoms. The predicted molar refractivity (Wildman–Crippen MR) is 91.7 cm³/mol. The van der Waals surface area contributed by atoms with E-state index in [-0.39, 0.29) is 25.4 Å². The Labute approximate surface area is 142 Å². The summed E-state index contributed by atoms with van der Waals surface area (Å²) in [6, 6.07) is 19.1. The third-order valence-corrected chi connectivity index (χ3v) is 3.53. The summed E-state index contributed by atoms with van der Waals surface area (Å²) in [7, 11) is 0. The van der Waals surface area contributed by atoms with E-state index in [2.05, 4.69) is 0 Å². The van der Waals surface area contributed by atoms with Gasteiger partial charge in [0.25, 0.3) is 0 Å². The van der Waals surface area contributed by atoms with Crippen LogP contribution in [0.4, 0.5) is 0 Å². The van der Waals surface area contributed by atoms with Crippen molar-refractivity contribution in [3.8, 4) is 0 Å². The average molecular weight is 326 g/mol. The largest absolute Gasteiger partial charge is 0.464 e. The molecule has 0 aliphatic rings. The Morgan fingerprint density at radius 2 is 1.50 bits per heavy atom. The van der Waals surface area contributed by atoms with Crippen molar-refractivity contribution >= 4 is 11.8 Å². The maximum absolute atomic E-state index is 12.4. The van der Waals surface area contributed by atoms with E-state index in [1.807, 2.05) is 60.7 Å². The van der Waals surface area contributed by atoms with E-state index in [1.165, 1.54) is 0 Å². The lowest BCUT2D eigenvalue weighted by Crippen LogP contribution is -2.36. The molecule has 126 valence electrons. The van der Waals surface area contributed by atoms with Crippen LogP contribution in [0.5, 0.6) is 0 Å². The maximum atomic E-state index is 12.4. The van der Waals surface area contributed by atoms with Crippen molar-refractivity contribution < 1.29 is 19.1 Å². The van der Waals surface area contributed by atoms with Crippen molar-refractivity contribution in [2.24, 2.45) is 0 Å². The zero-order valence-electron chi connectivity index (χ0n) is 13.8. The number of ether oxygens (including phenoxy) is 2. The van der Waals surface area contributed by atoms with Crippen molar-refractivity contribution in [1.29, 1.82) is 0 Å². The van der Waals surface area contributed by atoms with Crippen molar-refractivity contribution in [3.63, 3.8) is 0 Å². The van der Waals surface area contributed by atoms with E-state index < -0.39 is 12.1 Å². The Balaban J connectivity index is 1.96. The molecule has 4 nitrogen and oxygen atoms in total. The van der Waals surface area contributed by atoms with Crippen molar-refractivity contribution in [2.75, 3.05) is 13.2 Å². The van der Waals surface area contributed by atoms with Crippen LogP contribution in [0.2, 0.25) is 0 Å². The molecular weight excluding hydrogens is 304 g/mol. The van der Waals surface area contributed by atoms with E-state index in [4.69, 9.17) is 9.47 Å². The lowest BCUT2D eigenvalue weighted by atomic mass is 10.1. The van der Waals surface area contributed by atoms with Crippen LogP contribution >= 0.6 is 0 Å². The fourth-order valence-corrected chi connectivity index (χ4v) is 2.34. The third-order valence-electron chi connectivity index (χ3n) is 3.53. The van der Waals surface area contributed by atoms with Gasteiger partial charge >= 0.3 is 5.97 Å². The summed E-state index contributed by atoms with van der Waals surface area (Å²) in [6.45, 7) is 2.21. The minimum atomic E-state index is -1.17. The number of benzene rings is 2. The molecule has 0 saturated heterocycles. The van der Waals surface area contributed by atoms with Gasteiger partial charge in [0.05, 0.1) is 13.2 Å². The number of ketones is 1. The summed E-state index contributed by atoms with van der Waals surface area (Å²) in [5.74, 6) is -0.904. The van der Waals surface area contributed by atoms with Gasteiger partial charge < -0.3 is 9.47 Å². The fourth-order valence-electron chi connectivity index (χ4n) is 2.34. The van der Waals surface area contributed by atoms with E-state index in [0.29, 0.717) is 6.42 Å². The number of hydrogen-bond acceptors (Lipinski definition) is 4. The lowest BCUT2D eigenvalue weighted by Gasteiger charge is -2.15. The van der Waals surface area contributed by atoms with Gasteiger partial charge in [-0.1, -0.05) is 60.7 Å². The summed E-state index contributed by atoms with van der Waals surface area (Å²) in [6.07, 6.45) is -0.390. The zero-order chi connectivity index (χ0) is 17.2. The van der Waals surface area contributed by atoms with Gasteiger partial charge in [0.2, 0.25) is 6.10 Å². The first-order valence-electron chi connectivity index (χ1n) is 8.09. The molecule has 0 aliphatic heterocycles. The van der Waals surface area contributed by atoms with E-state index >= 15 is 0 Å². The molecule has 4 heteroatoms. The first-order chi connectivity index (χ1) is 11.7. The molecule has 2 aromatic rings. The number of rotatable bonds is 9. The maximum Gasteiger partial charge on any atom is 0.343 e. The lowest BCUT2D eigenvalue weighted by molar-refractivity contribution is -0.161. The van der Waals surface area contributed by atoms with Crippen LogP contribution in [-0.4, -0.2) is 31.1 Å². The second-order valence-corrected chi connectivity index (χ2v) is 5.37. The van der Waals surface area contributed by atoms with Gasteiger partial charge in [-0.25, -0.2) is 4.79 Å². The van der Waals surface area contributed by atoms with Gasteiger partial charge in [-0.2, -0.15) is 0 Å². The molecule has 0 N–H and O–H groups in total. The second-order valence-electron chi connectivity index (χ2n) is 5.37. The molecule has 0 bridgehead atoms. The SMILES string of the molecule is CCOC(=O)C(OCCc1ccccc1)C(=O)Cc1ccccc1. The fraction of sp³-hybridized carbons (Fsp3) is 0.300. The van der Waals surface area contributed by atoms with Gasteiger partial charge in [0.1, 0.15) is 0 Å². The molecule has 24 heavy (non-hydrogen) atoms. The molecule has 0 aliphatic carbocycles. The highest BCUT2D eigenvalue weighted by Crippen LogP contribution is 2.08. The second kappa shape index (κ2) is 9.63. The van der Waals surface area contributed by atoms with Gasteiger partial charge in [0.15, 0.2) is 5.78 Å². The summed E-state index contributed by atoms with van der Waals surface area (Å²) in [5, 5.41) is 0. The van der Waals surface area contributed by atoms with Crippen LogP contribution < -0.4 is 0 Å². The number of Topliss-reactive ketones (excluding diaryl/α,β-unsaturated/α-hetero) is 1. The minimum Gasteiger partial charge on any atom is -0.464 e. The highest BCUT2D eigenvalue weighted by Gasteiger charge is 2.28. The Kier molecular flexibility index (Phi) is 7.18. The molecule has 0 radical (unpaired) electrons. The highest BCUT2D eigenvalue weighted by atomic mass is 16.6. The first kappa shape index (κ1) is 17.9. The zero-order valence-corrected chi connectivity index (χ0v) is 13.8. The Bertz CT molecular complexity index is 637. The molecule has 1 unspecified atom stereocenters. The van der Waals surface area contributed by atoms with Crippen LogP contribution in [0.3, 0.4) is 0 Å². The van der Waals surface area contributed by atoms with Crippen molar-refractivity contribution in [1.82, 2.24) is 0 Å². The Morgan fingerprint density at radius 3 is 2.08 bits per heavy atom. The van der Waals surface area contributed by atoms with Crippen LogP contribution in [-0.2, 0) is 31.9 Å². The van der Waals surface area contributed by atoms with Gasteiger partial charge in [-0.15, -0.1) is 0 Å². The first-order valence-corrected chi connectivity index (χ1v) is 8.09. The molecule has 0 fully saturated rings. The molecule has 2 rings (SSSR count). The van der Waals surface area contributed by atoms with Crippen LogP contribution in [0.1, 0.15) is 18.1 Å². The van der Waals surface area contributed by atoms with Crippen molar-refractivity contribution in [2.45, 2.75) is 25.9 Å². The smallest absolute Gasteiger partial charge is 0.343 e. The molecule has 0 saturated carbocycles. The number of carbonyl (C=O) groups excluding carboxylic acids is 2. The molecular formula is C20H22O4. The van der Waals surface area contributed by atoms with E-state index in [0.717, 1.165) is 11.1 Å². The van der Waals surface area contributed by atoms with E-state index in [1.54, 1.807) is 6.92 Å². The van der Waals surface area contributed by atoms with Gasteiger partial charge in [-0.3, -0.25) is 4.79 Å². The molecule has 0 amide bonds. The molecule has 2 aromatic carbocycles. The van der Waals surface area contributed by atoms with Crippen LogP contribution in [0.15, 0.2) is 60.7 Å². The van der Waals surface area contributed by atoms with Gasteiger partial charge in [0, 0.05) is 6.42 Å². The molecule has 0 aromatic heterocycles. The number of hydrogen-bond donors (Lipinski definition) is 0. The quantitative estimate of drug-likeness (QED) is 0.525. The standard InChI is InChI=1S/C20H22O4/c1-2-23-20(22)19(18(21)15-17-11-7-4-8-12-17)24-14-13-16-9-5-3-6-10-16/h3-12,19H,2,13-15H2,1H3. The third kappa shape index (κ3) is 5.63. The van der Waals surface area contributed by atoms with Crippen LogP contribution in [0.25, 0.3) is 0 Å².